The number of carbonyl (C=O) groups is 2. The third kappa shape index (κ3) is 6.61. The summed E-state index contributed by atoms with van der Waals surface area (Å²) in [5.41, 5.74) is 1.02. The first-order valence-electron chi connectivity index (χ1n) is 10.5. The molecule has 1 N–H and O–H groups in total. The van der Waals surface area contributed by atoms with Crippen LogP contribution in [0.4, 0.5) is 8.78 Å². The van der Waals surface area contributed by atoms with Crippen molar-refractivity contribution in [2.24, 2.45) is 0 Å². The Hall–Kier alpha value is -3.75. The Balaban J connectivity index is 1.58. The zero-order chi connectivity index (χ0) is 23.8. The van der Waals surface area contributed by atoms with Gasteiger partial charge in [0, 0.05) is 30.8 Å². The molecule has 0 unspecified atom stereocenters. The van der Waals surface area contributed by atoms with Gasteiger partial charge in [0.15, 0.2) is 11.5 Å². The van der Waals surface area contributed by atoms with Gasteiger partial charge in [-0.25, -0.2) is 8.78 Å². The van der Waals surface area contributed by atoms with Gasteiger partial charge >= 0.3 is 0 Å². The highest BCUT2D eigenvalue weighted by atomic mass is 19.1. The Labute approximate surface area is 190 Å². The molecule has 0 bridgehead atoms. The largest absolute Gasteiger partial charge is 0.497 e. The molecule has 0 saturated heterocycles. The highest BCUT2D eigenvalue weighted by molar-refractivity contribution is 5.94. The molecule has 0 fully saturated rings. The van der Waals surface area contributed by atoms with E-state index in [4.69, 9.17) is 9.26 Å². The number of nitrogens with one attached hydrogen (secondary N) is 1. The average Bonchev–Trinajstić information content (AvgIpc) is 3.27. The van der Waals surface area contributed by atoms with Gasteiger partial charge < -0.3 is 19.5 Å². The van der Waals surface area contributed by atoms with Gasteiger partial charge in [0.1, 0.15) is 17.4 Å². The van der Waals surface area contributed by atoms with Crippen LogP contribution in [0.3, 0.4) is 0 Å². The van der Waals surface area contributed by atoms with Crippen molar-refractivity contribution in [1.29, 1.82) is 0 Å². The zero-order valence-corrected chi connectivity index (χ0v) is 18.4. The van der Waals surface area contributed by atoms with Crippen molar-refractivity contribution >= 4 is 11.8 Å². The molecule has 3 aromatic rings. The van der Waals surface area contributed by atoms with Gasteiger partial charge in [-0.15, -0.1) is 0 Å². The van der Waals surface area contributed by atoms with Crippen LogP contribution in [-0.2, 0) is 13.0 Å². The van der Waals surface area contributed by atoms with Crippen LogP contribution in [0.15, 0.2) is 53.1 Å². The van der Waals surface area contributed by atoms with E-state index < -0.39 is 23.4 Å². The van der Waals surface area contributed by atoms with Crippen molar-refractivity contribution in [2.75, 3.05) is 20.2 Å². The number of aromatic nitrogens is 1. The normalized spacial score (nSPS) is 10.7. The first-order chi connectivity index (χ1) is 15.9. The number of rotatable bonds is 10. The molecule has 0 aliphatic heterocycles. The van der Waals surface area contributed by atoms with E-state index in [1.54, 1.807) is 7.11 Å². The Morgan fingerprint density at radius 3 is 2.42 bits per heavy atom. The predicted molar refractivity (Wildman–Crippen MR) is 117 cm³/mol. The number of hydrogen-bond acceptors (Lipinski definition) is 5. The Morgan fingerprint density at radius 2 is 1.79 bits per heavy atom. The van der Waals surface area contributed by atoms with Gasteiger partial charge in [-0.1, -0.05) is 24.2 Å². The highest BCUT2D eigenvalue weighted by Gasteiger charge is 2.20. The summed E-state index contributed by atoms with van der Waals surface area (Å²) in [5, 5.41) is 6.55. The van der Waals surface area contributed by atoms with Crippen molar-refractivity contribution in [3.05, 3.63) is 82.7 Å². The summed E-state index contributed by atoms with van der Waals surface area (Å²) in [5.74, 6) is -1.56. The highest BCUT2D eigenvalue weighted by Crippen LogP contribution is 2.15. The van der Waals surface area contributed by atoms with Crippen molar-refractivity contribution in [2.45, 2.75) is 26.3 Å². The number of amides is 2. The van der Waals surface area contributed by atoms with Crippen molar-refractivity contribution < 1.29 is 27.6 Å². The molecule has 9 heteroatoms. The van der Waals surface area contributed by atoms with Crippen molar-refractivity contribution in [1.82, 2.24) is 15.4 Å². The van der Waals surface area contributed by atoms with E-state index in [-0.39, 0.29) is 23.6 Å². The van der Waals surface area contributed by atoms with Crippen LogP contribution in [-0.4, -0.2) is 42.1 Å². The van der Waals surface area contributed by atoms with Crippen LogP contribution in [0.5, 0.6) is 5.75 Å². The summed E-state index contributed by atoms with van der Waals surface area (Å²) in [6.45, 7) is 2.62. The second kappa shape index (κ2) is 11.2. The fraction of sp³-hybridized carbons (Fsp3) is 0.292. The number of methoxy groups -OCH3 is 1. The van der Waals surface area contributed by atoms with Gasteiger partial charge in [0.05, 0.1) is 13.7 Å². The molecule has 0 spiro atoms. The predicted octanol–water partition coefficient (Wildman–Crippen LogP) is 3.99. The van der Waals surface area contributed by atoms with E-state index in [0.29, 0.717) is 32.0 Å². The summed E-state index contributed by atoms with van der Waals surface area (Å²) >= 11 is 0. The summed E-state index contributed by atoms with van der Waals surface area (Å²) in [6, 6.07) is 11.7. The third-order valence-electron chi connectivity index (χ3n) is 4.89. The number of halogens is 2. The molecule has 174 valence electrons. The lowest BCUT2D eigenvalue weighted by molar-refractivity contribution is 0.0726. The standard InChI is InChI=1S/C24H25F2N3O4/c1-3-10-29(24(31)17-11-18(25)13-19(26)12-17)15-21-14-22(28-33-21)23(30)27-9-8-16-4-6-20(32-2)7-5-16/h4-7,11-14H,3,8-10,15H2,1-2H3,(H,27,30). The molecule has 0 aliphatic rings. The maximum atomic E-state index is 13.5. The van der Waals surface area contributed by atoms with E-state index in [1.807, 2.05) is 31.2 Å². The topological polar surface area (TPSA) is 84.7 Å². The van der Waals surface area contributed by atoms with Gasteiger partial charge in [0.2, 0.25) is 0 Å². The zero-order valence-electron chi connectivity index (χ0n) is 18.4. The van der Waals surface area contributed by atoms with E-state index in [9.17, 15) is 18.4 Å². The van der Waals surface area contributed by atoms with Crippen LogP contribution in [0, 0.1) is 11.6 Å². The number of nitrogens with zero attached hydrogens (tertiary/aromatic N) is 2. The summed E-state index contributed by atoms with van der Waals surface area (Å²) in [4.78, 5) is 26.5. The van der Waals surface area contributed by atoms with Crippen LogP contribution in [0.25, 0.3) is 0 Å². The molecule has 2 amide bonds. The second-order valence-electron chi connectivity index (χ2n) is 7.42. The van der Waals surface area contributed by atoms with E-state index in [2.05, 4.69) is 10.5 Å². The molecule has 0 saturated carbocycles. The van der Waals surface area contributed by atoms with Crippen LogP contribution in [0.1, 0.15) is 45.5 Å². The van der Waals surface area contributed by atoms with Crippen LogP contribution < -0.4 is 10.1 Å². The lowest BCUT2D eigenvalue weighted by Gasteiger charge is -2.20. The number of ether oxygens (including phenoxy) is 1. The molecule has 1 aromatic heterocycles. The average molecular weight is 457 g/mol. The van der Waals surface area contributed by atoms with Crippen LogP contribution in [0.2, 0.25) is 0 Å². The molecule has 0 atom stereocenters. The van der Waals surface area contributed by atoms with Gasteiger partial charge in [-0.05, 0) is 42.7 Å². The Kier molecular flexibility index (Phi) is 8.12. The third-order valence-corrected chi connectivity index (χ3v) is 4.89. The first kappa shape index (κ1) is 23.9. The maximum absolute atomic E-state index is 13.5. The van der Waals surface area contributed by atoms with Crippen molar-refractivity contribution in [3.63, 3.8) is 0 Å². The quantitative estimate of drug-likeness (QED) is 0.498. The summed E-state index contributed by atoms with van der Waals surface area (Å²) in [6.07, 6.45) is 1.25. The minimum Gasteiger partial charge on any atom is -0.497 e. The monoisotopic (exact) mass is 457 g/mol. The molecule has 0 aliphatic carbocycles. The minimum atomic E-state index is -0.830. The molecule has 2 aromatic carbocycles. The molecule has 33 heavy (non-hydrogen) atoms. The molecule has 0 radical (unpaired) electrons. The van der Waals surface area contributed by atoms with Gasteiger partial charge in [-0.2, -0.15) is 0 Å². The molecule has 7 nitrogen and oxygen atoms in total. The smallest absolute Gasteiger partial charge is 0.273 e. The lowest BCUT2D eigenvalue weighted by Crippen LogP contribution is -2.31. The Bertz CT molecular complexity index is 1080. The number of benzene rings is 2. The first-order valence-corrected chi connectivity index (χ1v) is 10.5. The maximum Gasteiger partial charge on any atom is 0.273 e. The fourth-order valence-electron chi connectivity index (χ4n) is 3.27. The van der Waals surface area contributed by atoms with Gasteiger partial charge in [0.25, 0.3) is 11.8 Å². The second-order valence-corrected chi connectivity index (χ2v) is 7.42. The van der Waals surface area contributed by atoms with E-state index in [0.717, 1.165) is 23.4 Å². The fourth-order valence-corrected chi connectivity index (χ4v) is 3.27. The molecular weight excluding hydrogens is 432 g/mol. The minimum absolute atomic E-state index is 0.0108. The summed E-state index contributed by atoms with van der Waals surface area (Å²) < 4.78 is 37.4. The Morgan fingerprint density at radius 1 is 1.09 bits per heavy atom. The SMILES string of the molecule is CCCN(Cc1cc(C(=O)NCCc2ccc(OC)cc2)no1)C(=O)c1cc(F)cc(F)c1. The molecule has 3 rings (SSSR count). The van der Waals surface area contributed by atoms with E-state index >= 15 is 0 Å². The summed E-state index contributed by atoms with van der Waals surface area (Å²) in [7, 11) is 1.60. The van der Waals surface area contributed by atoms with Crippen molar-refractivity contribution in [3.8, 4) is 5.75 Å². The van der Waals surface area contributed by atoms with Crippen LogP contribution >= 0.6 is 0 Å². The van der Waals surface area contributed by atoms with Gasteiger partial charge in [-0.3, -0.25) is 9.59 Å². The molecule has 1 heterocycles. The lowest BCUT2D eigenvalue weighted by atomic mass is 10.1. The number of hydrogen-bond donors (Lipinski definition) is 1. The molecular formula is C24H25F2N3O4. The van der Waals surface area contributed by atoms with E-state index in [1.165, 1.54) is 11.0 Å². The number of carbonyl (C=O) groups excluding carboxylic acids is 2.